The molecule has 0 bridgehead atoms. The van der Waals surface area contributed by atoms with Gasteiger partial charge >= 0.3 is 5.69 Å². The van der Waals surface area contributed by atoms with E-state index in [1.807, 2.05) is 13.8 Å². The zero-order valence-corrected chi connectivity index (χ0v) is 18.0. The van der Waals surface area contributed by atoms with Crippen LogP contribution in [0.4, 0.5) is 8.78 Å². The molecule has 0 saturated carbocycles. The lowest BCUT2D eigenvalue weighted by molar-refractivity contribution is 0.588. The van der Waals surface area contributed by atoms with Crippen LogP contribution in [-0.4, -0.2) is 34.9 Å². The molecule has 0 aliphatic heterocycles. The first-order valence-electron chi connectivity index (χ1n) is 10.2. The SMILES string of the molecule is CC.Cc1nc(=O)[nH]n1-c1nccc(-c2cccc3cc(-c4c(F)cccc4F)nnc23)n1.[HH]. The number of H-pyrrole nitrogens is 1. The normalized spacial score (nSPS) is 10.7. The highest BCUT2D eigenvalue weighted by Gasteiger charge is 2.16. The van der Waals surface area contributed by atoms with Gasteiger partial charge in [-0.15, -0.1) is 10.2 Å². The van der Waals surface area contributed by atoms with Gasteiger partial charge in [0.05, 0.1) is 17.0 Å². The Labute approximate surface area is 188 Å². The maximum absolute atomic E-state index is 14.2. The van der Waals surface area contributed by atoms with Gasteiger partial charge in [-0.1, -0.05) is 38.1 Å². The van der Waals surface area contributed by atoms with E-state index in [1.54, 1.807) is 43.5 Å². The highest BCUT2D eigenvalue weighted by molar-refractivity contribution is 5.93. The van der Waals surface area contributed by atoms with Crippen LogP contribution in [0, 0.1) is 18.6 Å². The van der Waals surface area contributed by atoms with Gasteiger partial charge in [0.15, 0.2) is 0 Å². The summed E-state index contributed by atoms with van der Waals surface area (Å²) in [7, 11) is 0. The summed E-state index contributed by atoms with van der Waals surface area (Å²) >= 11 is 0. The molecule has 0 unspecified atom stereocenters. The standard InChI is InChI=1S/C21H13F2N7O.C2H6.H2/c1-11-25-21(31)29-30(11)20-24-9-8-16(26-20)13-5-2-4-12-10-17(27-28-19(12)13)18-14(22)6-3-7-15(18)23;1-2;/h2-10H,1H3,(H,29,31);1-2H3;1H. The second kappa shape index (κ2) is 9.03. The van der Waals surface area contributed by atoms with Gasteiger partial charge in [0, 0.05) is 18.6 Å². The summed E-state index contributed by atoms with van der Waals surface area (Å²) in [6.07, 6.45) is 1.55. The second-order valence-electron chi connectivity index (χ2n) is 6.72. The molecule has 0 radical (unpaired) electrons. The van der Waals surface area contributed by atoms with Crippen molar-refractivity contribution in [3.8, 4) is 28.5 Å². The van der Waals surface area contributed by atoms with Crippen LogP contribution in [0.1, 0.15) is 21.1 Å². The van der Waals surface area contributed by atoms with Crippen molar-refractivity contribution in [2.24, 2.45) is 0 Å². The Morgan fingerprint density at radius 2 is 1.67 bits per heavy atom. The molecule has 1 N–H and O–H groups in total. The van der Waals surface area contributed by atoms with E-state index in [9.17, 15) is 13.6 Å². The van der Waals surface area contributed by atoms with Gasteiger partial charge in [-0.2, -0.15) is 4.98 Å². The number of benzene rings is 2. The van der Waals surface area contributed by atoms with Crippen LogP contribution < -0.4 is 5.69 Å². The quantitative estimate of drug-likeness (QED) is 0.436. The summed E-state index contributed by atoms with van der Waals surface area (Å²) in [5, 5.41) is 11.4. The highest BCUT2D eigenvalue weighted by Crippen LogP contribution is 2.30. The Morgan fingerprint density at radius 3 is 2.36 bits per heavy atom. The number of aryl methyl sites for hydroxylation is 1. The van der Waals surface area contributed by atoms with Crippen LogP contribution in [0.5, 0.6) is 0 Å². The lowest BCUT2D eigenvalue weighted by atomic mass is 10.0. The number of aromatic amines is 1. The first-order valence-corrected chi connectivity index (χ1v) is 10.2. The average molecular weight is 449 g/mol. The van der Waals surface area contributed by atoms with Crippen LogP contribution in [0.2, 0.25) is 0 Å². The zero-order valence-electron chi connectivity index (χ0n) is 18.0. The molecule has 8 nitrogen and oxygen atoms in total. The lowest BCUT2D eigenvalue weighted by Crippen LogP contribution is -2.08. The van der Waals surface area contributed by atoms with E-state index in [0.717, 1.165) is 0 Å². The van der Waals surface area contributed by atoms with Crippen LogP contribution >= 0.6 is 0 Å². The number of aromatic nitrogens is 7. The van der Waals surface area contributed by atoms with E-state index in [0.29, 0.717) is 28.0 Å². The molecule has 5 rings (SSSR count). The number of hydrogen-bond acceptors (Lipinski definition) is 6. The van der Waals surface area contributed by atoms with Crippen molar-refractivity contribution in [1.29, 1.82) is 0 Å². The third-order valence-corrected chi connectivity index (χ3v) is 4.75. The third-order valence-electron chi connectivity index (χ3n) is 4.75. The fourth-order valence-electron chi connectivity index (χ4n) is 3.34. The van der Waals surface area contributed by atoms with E-state index in [4.69, 9.17) is 0 Å². The van der Waals surface area contributed by atoms with Crippen LogP contribution in [0.25, 0.3) is 39.4 Å². The minimum absolute atomic E-state index is 0. The molecular formula is C23H21F2N7O. The Kier molecular flexibility index (Phi) is 5.99. The fourth-order valence-corrected chi connectivity index (χ4v) is 3.34. The molecule has 0 amide bonds. The van der Waals surface area contributed by atoms with Crippen molar-refractivity contribution < 1.29 is 10.2 Å². The zero-order chi connectivity index (χ0) is 23.5. The van der Waals surface area contributed by atoms with Crippen LogP contribution in [0.15, 0.2) is 59.5 Å². The van der Waals surface area contributed by atoms with Gasteiger partial charge in [0.25, 0.3) is 5.95 Å². The van der Waals surface area contributed by atoms with Crippen molar-refractivity contribution in [3.63, 3.8) is 0 Å². The summed E-state index contributed by atoms with van der Waals surface area (Å²) < 4.78 is 29.7. The number of rotatable bonds is 3. The summed E-state index contributed by atoms with van der Waals surface area (Å²) in [6.45, 7) is 5.65. The predicted octanol–water partition coefficient (Wildman–Crippen LogP) is 4.49. The minimum atomic E-state index is -0.713. The summed E-state index contributed by atoms with van der Waals surface area (Å²) in [4.78, 5) is 24.0. The molecule has 3 heterocycles. The van der Waals surface area contributed by atoms with Crippen molar-refractivity contribution >= 4 is 10.9 Å². The van der Waals surface area contributed by atoms with E-state index in [2.05, 4.69) is 30.2 Å². The fraction of sp³-hybridized carbons (Fsp3) is 0.130. The maximum atomic E-state index is 14.2. The number of hydrogen-bond donors (Lipinski definition) is 1. The first-order chi connectivity index (χ1) is 16.0. The van der Waals surface area contributed by atoms with Gasteiger partial charge in [0.2, 0.25) is 0 Å². The smallest absolute Gasteiger partial charge is 0.244 e. The van der Waals surface area contributed by atoms with Crippen molar-refractivity contribution in [2.75, 3.05) is 0 Å². The number of nitrogens with one attached hydrogen (secondary N) is 1. The number of fused-ring (bicyclic) bond motifs is 1. The average Bonchev–Trinajstić information content (AvgIpc) is 3.17. The van der Waals surface area contributed by atoms with Gasteiger partial charge in [-0.3, -0.25) is 0 Å². The molecule has 33 heavy (non-hydrogen) atoms. The van der Waals surface area contributed by atoms with Crippen molar-refractivity contribution in [3.05, 3.63) is 82.7 Å². The topological polar surface area (TPSA) is 102 Å². The Morgan fingerprint density at radius 1 is 0.939 bits per heavy atom. The molecule has 0 aliphatic carbocycles. The highest BCUT2D eigenvalue weighted by atomic mass is 19.1. The van der Waals surface area contributed by atoms with Crippen LogP contribution in [-0.2, 0) is 0 Å². The summed E-state index contributed by atoms with van der Waals surface area (Å²) in [5.41, 5.74) is 1.04. The monoisotopic (exact) mass is 449 g/mol. The van der Waals surface area contributed by atoms with Crippen molar-refractivity contribution in [1.82, 2.24) is 34.9 Å². The first kappa shape index (κ1) is 21.9. The predicted molar refractivity (Wildman–Crippen MR) is 122 cm³/mol. The van der Waals surface area contributed by atoms with Gasteiger partial charge in [-0.25, -0.2) is 33.3 Å². The summed E-state index contributed by atoms with van der Waals surface area (Å²) in [5.74, 6) is -0.777. The van der Waals surface area contributed by atoms with Gasteiger partial charge in [-0.05, 0) is 31.2 Å². The van der Waals surface area contributed by atoms with Crippen LogP contribution in [0.3, 0.4) is 0 Å². The molecule has 0 aliphatic rings. The minimum Gasteiger partial charge on any atom is -0.244 e. The van der Waals surface area contributed by atoms with E-state index < -0.39 is 17.3 Å². The molecule has 0 fully saturated rings. The summed E-state index contributed by atoms with van der Waals surface area (Å²) in [6, 6.07) is 12.3. The molecule has 0 saturated heterocycles. The molecular weight excluding hydrogens is 428 g/mol. The van der Waals surface area contributed by atoms with Crippen molar-refractivity contribution in [2.45, 2.75) is 20.8 Å². The molecule has 5 aromatic rings. The Hall–Kier alpha value is -4.34. The molecule has 10 heteroatoms. The van der Waals surface area contributed by atoms with E-state index in [1.165, 1.54) is 22.9 Å². The van der Waals surface area contributed by atoms with Gasteiger partial charge in [0.1, 0.15) is 23.0 Å². The largest absolute Gasteiger partial charge is 0.361 e. The molecule has 3 aromatic heterocycles. The van der Waals surface area contributed by atoms with Gasteiger partial charge < -0.3 is 0 Å². The lowest BCUT2D eigenvalue weighted by Gasteiger charge is -2.09. The Bertz CT molecular complexity index is 1500. The molecule has 0 spiro atoms. The molecule has 2 aromatic carbocycles. The maximum Gasteiger partial charge on any atom is 0.361 e. The number of halogens is 2. The molecule has 168 valence electrons. The second-order valence-corrected chi connectivity index (χ2v) is 6.72. The number of nitrogens with zero attached hydrogens (tertiary/aromatic N) is 6. The van der Waals surface area contributed by atoms with E-state index >= 15 is 0 Å². The third kappa shape index (κ3) is 4.10. The van der Waals surface area contributed by atoms with E-state index in [-0.39, 0.29) is 18.6 Å². The Balaban J connectivity index is 0.00000105. The molecule has 0 atom stereocenters.